The molecule has 0 fully saturated rings. The zero-order valence-electron chi connectivity index (χ0n) is 12.6. The van der Waals surface area contributed by atoms with Crippen molar-refractivity contribution in [1.82, 2.24) is 0 Å². The zero-order valence-corrected chi connectivity index (χ0v) is 13.4. The average Bonchev–Trinajstić information content (AvgIpc) is 2.38. The fourth-order valence-electron chi connectivity index (χ4n) is 2.12. The van der Waals surface area contributed by atoms with Crippen LogP contribution >= 0.6 is 0 Å². The summed E-state index contributed by atoms with van der Waals surface area (Å²) < 4.78 is 27.3. The van der Waals surface area contributed by atoms with Crippen molar-refractivity contribution in [2.24, 2.45) is 0 Å². The van der Waals surface area contributed by atoms with E-state index in [2.05, 4.69) is 4.72 Å². The molecule has 5 heteroatoms. The predicted octanol–water partition coefficient (Wildman–Crippen LogP) is 3.43. The Hall–Kier alpha value is -2.01. The van der Waals surface area contributed by atoms with Gasteiger partial charge in [-0.25, -0.2) is 8.42 Å². The Kier molecular flexibility index (Phi) is 3.96. The van der Waals surface area contributed by atoms with Crippen molar-refractivity contribution < 1.29 is 13.5 Å². The third-order valence-electron chi connectivity index (χ3n) is 3.48. The number of aryl methyl sites for hydroxylation is 4. The summed E-state index contributed by atoms with van der Waals surface area (Å²) in [6, 6.07) is 8.36. The number of sulfonamides is 1. The summed E-state index contributed by atoms with van der Waals surface area (Å²) in [6.45, 7) is 7.37. The molecule has 0 saturated carbocycles. The number of rotatable bonds is 3. The standard InChI is InChI=1S/C16H19NO3S/c1-10-7-13(4)16(18)15(8-10)17-21(19,20)14-6-5-11(2)12(3)9-14/h5-9,17-18H,1-4H3. The lowest BCUT2D eigenvalue weighted by atomic mass is 10.1. The molecule has 2 N–H and O–H groups in total. The molecule has 0 atom stereocenters. The van der Waals surface area contributed by atoms with Crippen LogP contribution in [0.1, 0.15) is 22.3 Å². The first-order chi connectivity index (χ1) is 9.70. The first kappa shape index (κ1) is 15.4. The largest absolute Gasteiger partial charge is 0.505 e. The Labute approximate surface area is 125 Å². The molecule has 0 aromatic heterocycles. The lowest BCUT2D eigenvalue weighted by Crippen LogP contribution is -2.13. The van der Waals surface area contributed by atoms with E-state index >= 15 is 0 Å². The monoisotopic (exact) mass is 305 g/mol. The van der Waals surface area contributed by atoms with Crippen LogP contribution in [0.2, 0.25) is 0 Å². The number of aromatic hydroxyl groups is 1. The van der Waals surface area contributed by atoms with Crippen LogP contribution < -0.4 is 4.72 Å². The lowest BCUT2D eigenvalue weighted by molar-refractivity contribution is 0.473. The van der Waals surface area contributed by atoms with E-state index < -0.39 is 10.0 Å². The number of phenolic OH excluding ortho intramolecular Hbond substituents is 1. The molecule has 0 aliphatic heterocycles. The SMILES string of the molecule is Cc1cc(C)c(O)c(NS(=O)(=O)c2ccc(C)c(C)c2)c1. The van der Waals surface area contributed by atoms with Gasteiger partial charge >= 0.3 is 0 Å². The van der Waals surface area contributed by atoms with Crippen LogP contribution in [0.25, 0.3) is 0 Å². The van der Waals surface area contributed by atoms with Crippen molar-refractivity contribution >= 4 is 15.7 Å². The normalized spacial score (nSPS) is 11.4. The number of benzene rings is 2. The van der Waals surface area contributed by atoms with E-state index in [-0.39, 0.29) is 16.3 Å². The van der Waals surface area contributed by atoms with Crippen molar-refractivity contribution in [2.45, 2.75) is 32.6 Å². The Morgan fingerprint density at radius 2 is 1.57 bits per heavy atom. The highest BCUT2D eigenvalue weighted by molar-refractivity contribution is 7.92. The van der Waals surface area contributed by atoms with Crippen molar-refractivity contribution in [3.63, 3.8) is 0 Å². The number of phenols is 1. The second kappa shape index (κ2) is 5.41. The summed E-state index contributed by atoms with van der Waals surface area (Å²) in [6.07, 6.45) is 0. The molecule has 0 bridgehead atoms. The minimum absolute atomic E-state index is 0.0481. The maximum Gasteiger partial charge on any atom is 0.262 e. The van der Waals surface area contributed by atoms with Crippen LogP contribution in [0, 0.1) is 27.7 Å². The Balaban J connectivity index is 2.44. The van der Waals surface area contributed by atoms with E-state index in [1.54, 1.807) is 37.3 Å². The van der Waals surface area contributed by atoms with Gasteiger partial charge in [0.05, 0.1) is 10.6 Å². The molecular weight excluding hydrogens is 286 g/mol. The van der Waals surface area contributed by atoms with Crippen molar-refractivity contribution in [3.05, 3.63) is 52.6 Å². The molecule has 2 aromatic rings. The summed E-state index contributed by atoms with van der Waals surface area (Å²) in [5.41, 5.74) is 3.65. The van der Waals surface area contributed by atoms with Gasteiger partial charge in [0, 0.05) is 0 Å². The molecule has 0 spiro atoms. The molecule has 0 saturated heterocycles. The van der Waals surface area contributed by atoms with Gasteiger partial charge in [-0.2, -0.15) is 0 Å². The number of nitrogens with one attached hydrogen (secondary N) is 1. The van der Waals surface area contributed by atoms with Gasteiger partial charge in [-0.3, -0.25) is 4.72 Å². The minimum atomic E-state index is -3.72. The van der Waals surface area contributed by atoms with Gasteiger partial charge in [-0.15, -0.1) is 0 Å². The van der Waals surface area contributed by atoms with Gasteiger partial charge in [0.15, 0.2) is 0 Å². The van der Waals surface area contributed by atoms with Crippen molar-refractivity contribution in [3.8, 4) is 5.75 Å². The second-order valence-electron chi connectivity index (χ2n) is 5.33. The van der Waals surface area contributed by atoms with Crippen LogP contribution in [-0.2, 0) is 10.0 Å². The fourth-order valence-corrected chi connectivity index (χ4v) is 3.26. The summed E-state index contributed by atoms with van der Waals surface area (Å²) in [7, 11) is -3.72. The predicted molar refractivity (Wildman–Crippen MR) is 84.3 cm³/mol. The van der Waals surface area contributed by atoms with E-state index in [0.29, 0.717) is 5.56 Å². The molecule has 4 nitrogen and oxygen atoms in total. The fraction of sp³-hybridized carbons (Fsp3) is 0.250. The molecule has 0 aliphatic carbocycles. The third kappa shape index (κ3) is 3.19. The molecule has 2 rings (SSSR count). The number of hydrogen-bond acceptors (Lipinski definition) is 3. The van der Waals surface area contributed by atoms with Gasteiger partial charge in [-0.1, -0.05) is 12.1 Å². The molecule has 112 valence electrons. The van der Waals surface area contributed by atoms with Crippen molar-refractivity contribution in [1.29, 1.82) is 0 Å². The molecule has 2 aromatic carbocycles. The van der Waals surface area contributed by atoms with Crippen LogP contribution in [0.3, 0.4) is 0 Å². The molecular formula is C16H19NO3S. The maximum absolute atomic E-state index is 12.4. The van der Waals surface area contributed by atoms with E-state index in [4.69, 9.17) is 0 Å². The first-order valence-corrected chi connectivity index (χ1v) is 8.09. The molecule has 0 unspecified atom stereocenters. The van der Waals surface area contributed by atoms with Crippen LogP contribution in [0.15, 0.2) is 35.2 Å². The smallest absolute Gasteiger partial charge is 0.262 e. The van der Waals surface area contributed by atoms with Gasteiger partial charge in [-0.05, 0) is 68.1 Å². The van der Waals surface area contributed by atoms with E-state index in [0.717, 1.165) is 16.7 Å². The second-order valence-corrected chi connectivity index (χ2v) is 7.01. The zero-order chi connectivity index (χ0) is 15.8. The highest BCUT2D eigenvalue weighted by Crippen LogP contribution is 2.30. The van der Waals surface area contributed by atoms with Gasteiger partial charge < -0.3 is 5.11 Å². The highest BCUT2D eigenvalue weighted by atomic mass is 32.2. The minimum Gasteiger partial charge on any atom is -0.505 e. The van der Waals surface area contributed by atoms with Crippen LogP contribution in [0.5, 0.6) is 5.75 Å². The average molecular weight is 305 g/mol. The van der Waals surface area contributed by atoms with Gasteiger partial charge in [0.25, 0.3) is 10.0 Å². The summed E-state index contributed by atoms with van der Waals surface area (Å²) in [4.78, 5) is 0.184. The van der Waals surface area contributed by atoms with Gasteiger partial charge in [0.2, 0.25) is 0 Å². The third-order valence-corrected chi connectivity index (χ3v) is 4.84. The van der Waals surface area contributed by atoms with Crippen LogP contribution in [0.4, 0.5) is 5.69 Å². The van der Waals surface area contributed by atoms with E-state index in [9.17, 15) is 13.5 Å². The van der Waals surface area contributed by atoms with E-state index in [1.165, 1.54) is 0 Å². The summed E-state index contributed by atoms with van der Waals surface area (Å²) in [5.74, 6) is -0.0481. The highest BCUT2D eigenvalue weighted by Gasteiger charge is 2.17. The molecule has 0 radical (unpaired) electrons. The Bertz CT molecular complexity index is 795. The Morgan fingerprint density at radius 3 is 2.19 bits per heavy atom. The molecule has 0 amide bonds. The maximum atomic E-state index is 12.4. The summed E-state index contributed by atoms with van der Waals surface area (Å²) in [5, 5.41) is 10.0. The van der Waals surface area contributed by atoms with E-state index in [1.807, 2.05) is 20.8 Å². The van der Waals surface area contributed by atoms with Crippen LogP contribution in [-0.4, -0.2) is 13.5 Å². The summed E-state index contributed by atoms with van der Waals surface area (Å²) >= 11 is 0. The lowest BCUT2D eigenvalue weighted by Gasteiger charge is -2.13. The Morgan fingerprint density at radius 1 is 0.905 bits per heavy atom. The molecule has 0 aliphatic rings. The first-order valence-electron chi connectivity index (χ1n) is 6.61. The number of anilines is 1. The molecule has 0 heterocycles. The topological polar surface area (TPSA) is 66.4 Å². The molecule has 21 heavy (non-hydrogen) atoms. The quantitative estimate of drug-likeness (QED) is 0.854. The van der Waals surface area contributed by atoms with Gasteiger partial charge in [0.1, 0.15) is 5.75 Å². The van der Waals surface area contributed by atoms with Crippen molar-refractivity contribution in [2.75, 3.05) is 4.72 Å². The number of hydrogen-bond donors (Lipinski definition) is 2.